The van der Waals surface area contributed by atoms with E-state index in [1.807, 2.05) is 41.2 Å². The highest BCUT2D eigenvalue weighted by molar-refractivity contribution is 5.78. The maximum absolute atomic E-state index is 4.57. The first-order valence-electron chi connectivity index (χ1n) is 6.47. The Hall–Kier alpha value is -2.36. The monoisotopic (exact) mass is 252 g/mol. The van der Waals surface area contributed by atoms with Crippen molar-refractivity contribution in [2.45, 2.75) is 13.5 Å². The van der Waals surface area contributed by atoms with Gasteiger partial charge in [-0.25, -0.2) is 4.98 Å². The summed E-state index contributed by atoms with van der Waals surface area (Å²) in [5, 5.41) is 8.80. The fourth-order valence-corrected chi connectivity index (χ4v) is 2.15. The van der Waals surface area contributed by atoms with Gasteiger partial charge in [-0.3, -0.25) is 4.68 Å². The fraction of sp³-hybridized carbons (Fsp3) is 0.200. The van der Waals surface area contributed by atoms with Gasteiger partial charge in [0.15, 0.2) is 0 Å². The third-order valence-electron chi connectivity index (χ3n) is 3.03. The molecule has 3 rings (SSSR count). The van der Waals surface area contributed by atoms with Crippen molar-refractivity contribution >= 4 is 16.7 Å². The van der Waals surface area contributed by atoms with Crippen LogP contribution in [0.5, 0.6) is 0 Å². The van der Waals surface area contributed by atoms with Crippen molar-refractivity contribution in [3.63, 3.8) is 0 Å². The number of pyridine rings is 1. The maximum Gasteiger partial charge on any atom is 0.126 e. The van der Waals surface area contributed by atoms with E-state index in [0.29, 0.717) is 6.54 Å². The van der Waals surface area contributed by atoms with E-state index < -0.39 is 0 Å². The first-order chi connectivity index (χ1) is 9.36. The Morgan fingerprint density at radius 2 is 2.00 bits per heavy atom. The van der Waals surface area contributed by atoms with Crippen LogP contribution in [0.25, 0.3) is 10.9 Å². The predicted molar refractivity (Wildman–Crippen MR) is 77.2 cm³/mol. The lowest BCUT2D eigenvalue weighted by Crippen LogP contribution is -2.06. The maximum atomic E-state index is 4.57. The van der Waals surface area contributed by atoms with Gasteiger partial charge in [-0.15, -0.1) is 0 Å². The van der Waals surface area contributed by atoms with Gasteiger partial charge in [0.25, 0.3) is 0 Å². The number of nitrogens with zero attached hydrogens (tertiary/aromatic N) is 3. The summed E-state index contributed by atoms with van der Waals surface area (Å²) in [6.45, 7) is 3.63. The van der Waals surface area contributed by atoms with Crippen LogP contribution in [0.4, 0.5) is 5.82 Å². The molecule has 4 nitrogen and oxygen atoms in total. The van der Waals surface area contributed by atoms with Crippen LogP contribution in [0, 0.1) is 0 Å². The third kappa shape index (κ3) is 2.42. The minimum absolute atomic E-state index is 0.687. The smallest absolute Gasteiger partial charge is 0.126 e. The molecule has 96 valence electrons. The zero-order valence-corrected chi connectivity index (χ0v) is 10.9. The van der Waals surface area contributed by atoms with Gasteiger partial charge >= 0.3 is 0 Å². The van der Waals surface area contributed by atoms with Crippen LogP contribution in [0.3, 0.4) is 0 Å². The molecule has 4 heteroatoms. The van der Waals surface area contributed by atoms with E-state index in [4.69, 9.17) is 0 Å². The molecule has 19 heavy (non-hydrogen) atoms. The Balaban J connectivity index is 1.90. The summed E-state index contributed by atoms with van der Waals surface area (Å²) in [6.07, 6.45) is 1.89. The first-order valence-corrected chi connectivity index (χ1v) is 6.47. The molecule has 0 aliphatic carbocycles. The molecule has 3 aromatic rings. The lowest BCUT2D eigenvalue weighted by molar-refractivity contribution is 0.697. The van der Waals surface area contributed by atoms with Crippen molar-refractivity contribution in [3.8, 4) is 0 Å². The largest absolute Gasteiger partial charge is 0.370 e. The normalized spacial score (nSPS) is 10.8. The summed E-state index contributed by atoms with van der Waals surface area (Å²) < 4.78 is 1.98. The Morgan fingerprint density at radius 3 is 2.89 bits per heavy atom. The summed E-state index contributed by atoms with van der Waals surface area (Å²) in [4.78, 5) is 4.57. The molecule has 0 atom stereocenters. The van der Waals surface area contributed by atoms with E-state index in [-0.39, 0.29) is 0 Å². The zero-order valence-electron chi connectivity index (χ0n) is 10.9. The molecule has 2 heterocycles. The van der Waals surface area contributed by atoms with E-state index >= 15 is 0 Å². The Bertz CT molecular complexity index is 687. The molecule has 2 aromatic heterocycles. The van der Waals surface area contributed by atoms with Crippen LogP contribution < -0.4 is 5.32 Å². The number of nitrogens with one attached hydrogen (secondary N) is 1. The van der Waals surface area contributed by atoms with E-state index in [0.717, 1.165) is 29.0 Å². The number of hydrogen-bond acceptors (Lipinski definition) is 3. The van der Waals surface area contributed by atoms with Crippen LogP contribution in [-0.4, -0.2) is 21.3 Å². The van der Waals surface area contributed by atoms with Gasteiger partial charge in [0.1, 0.15) is 5.82 Å². The van der Waals surface area contributed by atoms with Gasteiger partial charge in [-0.1, -0.05) is 24.3 Å². The molecule has 0 aliphatic heterocycles. The van der Waals surface area contributed by atoms with Gasteiger partial charge in [-0.2, -0.15) is 5.10 Å². The summed E-state index contributed by atoms with van der Waals surface area (Å²) >= 11 is 0. The second kappa shape index (κ2) is 5.10. The van der Waals surface area contributed by atoms with E-state index in [2.05, 4.69) is 34.5 Å². The van der Waals surface area contributed by atoms with Gasteiger partial charge in [0, 0.05) is 11.9 Å². The van der Waals surface area contributed by atoms with Gasteiger partial charge < -0.3 is 5.32 Å². The van der Waals surface area contributed by atoms with Crippen molar-refractivity contribution < 1.29 is 0 Å². The van der Waals surface area contributed by atoms with Crippen molar-refractivity contribution in [3.05, 3.63) is 54.4 Å². The molecular weight excluding hydrogens is 236 g/mol. The van der Waals surface area contributed by atoms with Crippen molar-refractivity contribution in [1.82, 2.24) is 14.8 Å². The minimum atomic E-state index is 0.687. The summed E-state index contributed by atoms with van der Waals surface area (Å²) in [5.74, 6) is 0.913. The molecule has 0 saturated carbocycles. The highest BCUT2D eigenvalue weighted by atomic mass is 15.3. The van der Waals surface area contributed by atoms with Crippen molar-refractivity contribution in [1.29, 1.82) is 0 Å². The quantitative estimate of drug-likeness (QED) is 0.776. The van der Waals surface area contributed by atoms with Crippen molar-refractivity contribution in [2.75, 3.05) is 11.9 Å². The molecule has 1 aromatic carbocycles. The SMILES string of the molecule is CCNc1cccc(Cn2ncc3ccccc32)n1. The number of para-hydroxylation sites is 1. The fourth-order valence-electron chi connectivity index (χ4n) is 2.15. The van der Waals surface area contributed by atoms with E-state index in [1.54, 1.807) is 0 Å². The molecule has 0 fully saturated rings. The van der Waals surface area contributed by atoms with Crippen LogP contribution >= 0.6 is 0 Å². The Kier molecular flexibility index (Phi) is 3.14. The molecule has 0 spiro atoms. The molecular formula is C15H16N4. The number of aromatic nitrogens is 3. The number of benzene rings is 1. The highest BCUT2D eigenvalue weighted by Crippen LogP contribution is 2.14. The molecule has 1 N–H and O–H groups in total. The minimum Gasteiger partial charge on any atom is -0.370 e. The number of rotatable bonds is 4. The standard InChI is InChI=1S/C15H16N4/c1-2-16-15-9-5-7-13(18-15)11-19-14-8-4-3-6-12(14)10-17-19/h3-10H,2,11H2,1H3,(H,16,18). The van der Waals surface area contributed by atoms with Gasteiger partial charge in [-0.05, 0) is 25.1 Å². The second-order valence-corrected chi connectivity index (χ2v) is 4.41. The molecule has 0 bridgehead atoms. The highest BCUT2D eigenvalue weighted by Gasteiger charge is 2.03. The third-order valence-corrected chi connectivity index (χ3v) is 3.03. The summed E-state index contributed by atoms with van der Waals surface area (Å²) in [5.41, 5.74) is 2.14. The summed E-state index contributed by atoms with van der Waals surface area (Å²) in [6, 6.07) is 14.2. The van der Waals surface area contributed by atoms with Crippen LogP contribution in [-0.2, 0) is 6.54 Å². The Labute approximate surface area is 112 Å². The van der Waals surface area contributed by atoms with Crippen LogP contribution in [0.15, 0.2) is 48.7 Å². The van der Waals surface area contributed by atoms with Crippen LogP contribution in [0.2, 0.25) is 0 Å². The zero-order chi connectivity index (χ0) is 13.1. The van der Waals surface area contributed by atoms with E-state index in [9.17, 15) is 0 Å². The van der Waals surface area contributed by atoms with Crippen molar-refractivity contribution in [2.24, 2.45) is 0 Å². The topological polar surface area (TPSA) is 42.7 Å². The Morgan fingerprint density at radius 1 is 1.11 bits per heavy atom. The van der Waals surface area contributed by atoms with Gasteiger partial charge in [0.05, 0.1) is 24.0 Å². The average molecular weight is 252 g/mol. The molecule has 0 saturated heterocycles. The average Bonchev–Trinajstić information content (AvgIpc) is 2.83. The van der Waals surface area contributed by atoms with E-state index in [1.165, 1.54) is 0 Å². The molecule has 0 unspecified atom stereocenters. The lowest BCUT2D eigenvalue weighted by Gasteiger charge is -2.06. The first kappa shape index (κ1) is 11.7. The predicted octanol–water partition coefficient (Wildman–Crippen LogP) is 2.91. The second-order valence-electron chi connectivity index (χ2n) is 4.41. The van der Waals surface area contributed by atoms with Crippen LogP contribution in [0.1, 0.15) is 12.6 Å². The summed E-state index contributed by atoms with van der Waals surface area (Å²) in [7, 11) is 0. The molecule has 0 amide bonds. The molecule has 0 aliphatic rings. The number of anilines is 1. The number of hydrogen-bond donors (Lipinski definition) is 1. The lowest BCUT2D eigenvalue weighted by atomic mass is 10.2. The van der Waals surface area contributed by atoms with Gasteiger partial charge in [0.2, 0.25) is 0 Å². The number of fused-ring (bicyclic) bond motifs is 1. The molecule has 0 radical (unpaired) electrons.